The number of fused-ring (bicyclic) bond motifs is 1. The highest BCUT2D eigenvalue weighted by molar-refractivity contribution is 5.89. The van der Waals surface area contributed by atoms with Crippen molar-refractivity contribution >= 4 is 17.5 Å². The van der Waals surface area contributed by atoms with Crippen LogP contribution in [0.4, 0.5) is 15.9 Å². The third-order valence-corrected chi connectivity index (χ3v) is 3.71. The number of benzene rings is 1. The number of aromatic carboxylic acids is 1. The zero-order chi connectivity index (χ0) is 15.0. The molecule has 0 amide bonds. The zero-order valence-corrected chi connectivity index (χ0v) is 11.6. The lowest BCUT2D eigenvalue weighted by molar-refractivity contribution is 0.0692. The number of pyridine rings is 1. The minimum atomic E-state index is -1.28. The molecule has 1 aromatic heterocycles. The van der Waals surface area contributed by atoms with Gasteiger partial charge in [0.1, 0.15) is 5.56 Å². The molecule has 0 saturated carbocycles. The van der Waals surface area contributed by atoms with Crippen LogP contribution in [0.15, 0.2) is 30.5 Å². The molecule has 2 aromatic rings. The molecule has 0 bridgehead atoms. The smallest absolute Gasteiger partial charge is 0.338 e. The van der Waals surface area contributed by atoms with Gasteiger partial charge in [-0.05, 0) is 37.5 Å². The maximum atomic E-state index is 14.4. The Kier molecular flexibility index (Phi) is 3.33. The van der Waals surface area contributed by atoms with Crippen LogP contribution < -0.4 is 4.90 Å². The molecule has 5 heteroatoms. The van der Waals surface area contributed by atoms with Crippen LogP contribution in [0.1, 0.15) is 27.9 Å². The van der Waals surface area contributed by atoms with Crippen molar-refractivity contribution in [2.24, 2.45) is 0 Å². The number of nitrogens with zero attached hydrogens (tertiary/aromatic N) is 2. The highest BCUT2D eigenvalue weighted by Gasteiger charge is 2.24. The first kappa shape index (κ1) is 13.5. The van der Waals surface area contributed by atoms with Gasteiger partial charge in [0.2, 0.25) is 0 Å². The van der Waals surface area contributed by atoms with Gasteiger partial charge >= 0.3 is 5.97 Å². The van der Waals surface area contributed by atoms with E-state index in [1.165, 1.54) is 12.3 Å². The molecular weight excluding hydrogens is 271 g/mol. The Bertz CT molecular complexity index is 715. The van der Waals surface area contributed by atoms with Crippen molar-refractivity contribution in [2.45, 2.75) is 19.8 Å². The third-order valence-electron chi connectivity index (χ3n) is 3.71. The lowest BCUT2D eigenvalue weighted by atomic mass is 9.99. The normalized spacial score (nSPS) is 13.9. The Morgan fingerprint density at radius 2 is 2.19 bits per heavy atom. The maximum Gasteiger partial charge on any atom is 0.338 e. The molecule has 21 heavy (non-hydrogen) atoms. The van der Waals surface area contributed by atoms with Crippen LogP contribution >= 0.6 is 0 Å². The second-order valence-corrected chi connectivity index (χ2v) is 5.19. The van der Waals surface area contributed by atoms with Gasteiger partial charge in [0.15, 0.2) is 11.6 Å². The second kappa shape index (κ2) is 5.16. The van der Waals surface area contributed by atoms with Gasteiger partial charge in [-0.1, -0.05) is 17.7 Å². The summed E-state index contributed by atoms with van der Waals surface area (Å²) in [6.07, 6.45) is 3.16. The summed E-state index contributed by atoms with van der Waals surface area (Å²) in [5.41, 5.74) is 2.85. The second-order valence-electron chi connectivity index (χ2n) is 5.19. The Hall–Kier alpha value is -2.43. The number of aryl methyl sites for hydroxylation is 2. The summed E-state index contributed by atoms with van der Waals surface area (Å²) in [4.78, 5) is 16.9. The Morgan fingerprint density at radius 3 is 2.95 bits per heavy atom. The van der Waals surface area contributed by atoms with Gasteiger partial charge in [-0.3, -0.25) is 0 Å². The first-order chi connectivity index (χ1) is 10.1. The van der Waals surface area contributed by atoms with Crippen molar-refractivity contribution < 1.29 is 14.3 Å². The standard InChI is InChI=1S/C16H15FN2O2/c1-10-4-5-13-11(9-10)3-2-8-19(13)15-14(17)12(16(20)21)6-7-18-15/h4-7,9H,2-3,8H2,1H3,(H,20,21). The zero-order valence-electron chi connectivity index (χ0n) is 11.6. The summed E-state index contributed by atoms with van der Waals surface area (Å²) in [6.45, 7) is 2.65. The van der Waals surface area contributed by atoms with Crippen LogP contribution in [0.2, 0.25) is 0 Å². The van der Waals surface area contributed by atoms with Crippen molar-refractivity contribution in [1.29, 1.82) is 0 Å². The van der Waals surface area contributed by atoms with E-state index in [0.29, 0.717) is 6.54 Å². The fourth-order valence-corrected chi connectivity index (χ4v) is 2.73. The van der Waals surface area contributed by atoms with Crippen LogP contribution in [-0.2, 0) is 6.42 Å². The van der Waals surface area contributed by atoms with E-state index in [4.69, 9.17) is 5.11 Å². The fraction of sp³-hybridized carbons (Fsp3) is 0.250. The predicted molar refractivity (Wildman–Crippen MR) is 77.7 cm³/mol. The number of carbonyl (C=O) groups is 1. The van der Waals surface area contributed by atoms with Crippen molar-refractivity contribution in [3.8, 4) is 0 Å². The average molecular weight is 286 g/mol. The molecule has 0 atom stereocenters. The molecule has 0 aliphatic carbocycles. The first-order valence-electron chi connectivity index (χ1n) is 6.83. The lowest BCUT2D eigenvalue weighted by Crippen LogP contribution is -2.27. The van der Waals surface area contributed by atoms with Gasteiger partial charge in [0.25, 0.3) is 0 Å². The summed E-state index contributed by atoms with van der Waals surface area (Å²) in [6, 6.07) is 7.18. The van der Waals surface area contributed by atoms with E-state index in [0.717, 1.165) is 29.7 Å². The molecule has 1 aliphatic heterocycles. The van der Waals surface area contributed by atoms with Crippen LogP contribution in [0.5, 0.6) is 0 Å². The van der Waals surface area contributed by atoms with Gasteiger partial charge in [0, 0.05) is 18.4 Å². The number of carboxylic acid groups (broad SMARTS) is 1. The SMILES string of the molecule is Cc1ccc2c(c1)CCCN2c1nccc(C(=O)O)c1F. The number of hydrogen-bond acceptors (Lipinski definition) is 3. The van der Waals surface area contributed by atoms with Crippen LogP contribution in [0, 0.1) is 12.7 Å². The average Bonchev–Trinajstić information content (AvgIpc) is 2.46. The minimum absolute atomic E-state index is 0.0831. The number of hydrogen-bond donors (Lipinski definition) is 1. The third kappa shape index (κ3) is 2.35. The van der Waals surface area contributed by atoms with Gasteiger partial charge in [-0.25, -0.2) is 14.2 Å². The molecule has 1 aliphatic rings. The summed E-state index contributed by atoms with van der Waals surface area (Å²) in [5.74, 6) is -1.98. The van der Waals surface area contributed by atoms with E-state index in [1.807, 2.05) is 19.1 Å². The topological polar surface area (TPSA) is 53.4 Å². The molecule has 0 radical (unpaired) electrons. The first-order valence-corrected chi connectivity index (χ1v) is 6.83. The van der Waals surface area contributed by atoms with E-state index in [1.54, 1.807) is 4.90 Å². The van der Waals surface area contributed by atoms with Crippen molar-refractivity contribution in [2.75, 3.05) is 11.4 Å². The molecule has 4 nitrogen and oxygen atoms in total. The van der Waals surface area contributed by atoms with Gasteiger partial charge < -0.3 is 10.0 Å². The summed E-state index contributed by atoms with van der Waals surface area (Å²) in [7, 11) is 0. The highest BCUT2D eigenvalue weighted by atomic mass is 19.1. The maximum absolute atomic E-state index is 14.4. The van der Waals surface area contributed by atoms with Gasteiger partial charge in [-0.15, -0.1) is 0 Å². The summed E-state index contributed by atoms with van der Waals surface area (Å²) in [5, 5.41) is 9.03. The van der Waals surface area contributed by atoms with Gasteiger partial charge in [0.05, 0.1) is 0 Å². The lowest BCUT2D eigenvalue weighted by Gasteiger charge is -2.31. The van der Waals surface area contributed by atoms with Crippen LogP contribution in [-0.4, -0.2) is 22.6 Å². The largest absolute Gasteiger partial charge is 0.478 e. The quantitative estimate of drug-likeness (QED) is 0.920. The Morgan fingerprint density at radius 1 is 1.38 bits per heavy atom. The highest BCUT2D eigenvalue weighted by Crippen LogP contribution is 2.34. The molecule has 3 rings (SSSR count). The van der Waals surface area contributed by atoms with Crippen molar-refractivity contribution in [3.63, 3.8) is 0 Å². The number of carboxylic acids is 1. The fourth-order valence-electron chi connectivity index (χ4n) is 2.73. The summed E-state index contributed by atoms with van der Waals surface area (Å²) < 4.78 is 14.4. The Labute approximate surface area is 121 Å². The molecule has 108 valence electrons. The van der Waals surface area contributed by atoms with E-state index in [9.17, 15) is 9.18 Å². The van der Waals surface area contributed by atoms with Crippen LogP contribution in [0.3, 0.4) is 0 Å². The molecular formula is C16H15FN2O2. The van der Waals surface area contributed by atoms with Crippen LogP contribution in [0.25, 0.3) is 0 Å². The van der Waals surface area contributed by atoms with E-state index in [-0.39, 0.29) is 11.4 Å². The monoisotopic (exact) mass is 286 g/mol. The predicted octanol–water partition coefficient (Wildman–Crippen LogP) is 3.31. The number of halogens is 1. The van der Waals surface area contributed by atoms with Crippen molar-refractivity contribution in [3.05, 3.63) is 53.0 Å². The number of aromatic nitrogens is 1. The molecule has 2 heterocycles. The Balaban J connectivity index is 2.11. The molecule has 1 aromatic carbocycles. The molecule has 0 unspecified atom stereocenters. The minimum Gasteiger partial charge on any atom is -0.478 e. The summed E-state index contributed by atoms with van der Waals surface area (Å²) >= 11 is 0. The molecule has 0 spiro atoms. The van der Waals surface area contributed by atoms with E-state index in [2.05, 4.69) is 11.1 Å². The van der Waals surface area contributed by atoms with Crippen molar-refractivity contribution in [1.82, 2.24) is 4.98 Å². The van der Waals surface area contributed by atoms with Gasteiger partial charge in [-0.2, -0.15) is 0 Å². The molecule has 1 N–H and O–H groups in total. The van der Waals surface area contributed by atoms with E-state index < -0.39 is 11.8 Å². The van der Waals surface area contributed by atoms with E-state index >= 15 is 0 Å². The number of anilines is 2. The number of rotatable bonds is 2. The molecule has 0 saturated heterocycles. The molecule has 0 fully saturated rings.